The van der Waals surface area contributed by atoms with Gasteiger partial charge in [0.15, 0.2) is 0 Å². The Morgan fingerprint density at radius 3 is 2.76 bits per heavy atom. The Morgan fingerprint density at radius 2 is 2.03 bits per heavy atom. The number of amides is 3. The number of hydrogen-bond acceptors (Lipinski definition) is 5. The molecule has 9 heteroatoms. The van der Waals surface area contributed by atoms with E-state index < -0.39 is 11.4 Å². The van der Waals surface area contributed by atoms with Crippen molar-refractivity contribution in [3.63, 3.8) is 0 Å². The average Bonchev–Trinajstić information content (AvgIpc) is 3.40. The molecule has 3 aliphatic rings. The number of ether oxygens (including phenoxy) is 1. The second-order valence-electron chi connectivity index (χ2n) is 8.67. The second-order valence-corrected chi connectivity index (χ2v) is 8.67. The van der Waals surface area contributed by atoms with Crippen LogP contribution < -0.4 is 16.0 Å². The topological polar surface area (TPSA) is 101 Å². The van der Waals surface area contributed by atoms with E-state index in [9.17, 15) is 14.0 Å². The predicted molar refractivity (Wildman–Crippen MR) is 123 cm³/mol. The van der Waals surface area contributed by atoms with Crippen molar-refractivity contribution >= 4 is 34.6 Å². The molecule has 8 nitrogen and oxygen atoms in total. The summed E-state index contributed by atoms with van der Waals surface area (Å²) in [5.41, 5.74) is 7.94. The summed E-state index contributed by atoms with van der Waals surface area (Å²) in [6.45, 7) is 5.95. The predicted octanol–water partition coefficient (Wildman–Crippen LogP) is 2.98. The monoisotopic (exact) mass is 449 g/mol. The van der Waals surface area contributed by atoms with Crippen LogP contribution in [-0.2, 0) is 9.53 Å². The Labute approximate surface area is 190 Å². The SMILES string of the molecule is CC1(C)OC(=C2C(=O)Nc3cc(F)ccc32)C=C1c1ccc(N2CCN(CCN)C2=O)nc1. The van der Waals surface area contributed by atoms with Gasteiger partial charge >= 0.3 is 6.03 Å². The molecule has 0 aliphatic carbocycles. The van der Waals surface area contributed by atoms with Crippen LogP contribution in [0, 0.1) is 5.82 Å². The van der Waals surface area contributed by atoms with Crippen molar-refractivity contribution in [2.45, 2.75) is 19.4 Å². The molecule has 0 spiro atoms. The first-order valence-corrected chi connectivity index (χ1v) is 10.8. The molecule has 1 aromatic heterocycles. The third-order valence-corrected chi connectivity index (χ3v) is 6.09. The number of aromatic nitrogens is 1. The zero-order valence-corrected chi connectivity index (χ0v) is 18.4. The Bertz CT molecular complexity index is 1220. The first-order valence-electron chi connectivity index (χ1n) is 10.8. The van der Waals surface area contributed by atoms with Gasteiger partial charge in [0, 0.05) is 49.1 Å². The number of nitrogens with one attached hydrogen (secondary N) is 1. The van der Waals surface area contributed by atoms with Gasteiger partial charge in [0.1, 0.15) is 23.0 Å². The number of pyridine rings is 1. The van der Waals surface area contributed by atoms with Gasteiger partial charge in [0.05, 0.1) is 11.3 Å². The van der Waals surface area contributed by atoms with Gasteiger partial charge in [-0.05, 0) is 50.3 Å². The van der Waals surface area contributed by atoms with E-state index in [0.29, 0.717) is 54.6 Å². The Kier molecular flexibility index (Phi) is 4.93. The van der Waals surface area contributed by atoms with Gasteiger partial charge in [-0.3, -0.25) is 9.69 Å². The van der Waals surface area contributed by atoms with Crippen molar-refractivity contribution in [2.24, 2.45) is 5.73 Å². The fraction of sp³-hybridized carbons (Fsp3) is 0.292. The molecule has 33 heavy (non-hydrogen) atoms. The number of nitrogens with two attached hydrogens (primary N) is 1. The molecule has 4 heterocycles. The number of urea groups is 1. The lowest BCUT2D eigenvalue weighted by Gasteiger charge is -2.24. The maximum absolute atomic E-state index is 13.6. The fourth-order valence-electron chi connectivity index (χ4n) is 4.47. The zero-order chi connectivity index (χ0) is 23.3. The molecule has 0 bridgehead atoms. The average molecular weight is 449 g/mol. The van der Waals surface area contributed by atoms with Crippen LogP contribution in [0.2, 0.25) is 0 Å². The first kappa shape index (κ1) is 21.1. The quantitative estimate of drug-likeness (QED) is 0.699. The van der Waals surface area contributed by atoms with Crippen LogP contribution >= 0.6 is 0 Å². The van der Waals surface area contributed by atoms with Crippen LogP contribution in [0.5, 0.6) is 0 Å². The zero-order valence-electron chi connectivity index (χ0n) is 18.4. The summed E-state index contributed by atoms with van der Waals surface area (Å²) in [6, 6.07) is 7.79. The summed E-state index contributed by atoms with van der Waals surface area (Å²) < 4.78 is 19.7. The smallest absolute Gasteiger partial charge is 0.325 e. The molecule has 3 amide bonds. The third-order valence-electron chi connectivity index (χ3n) is 6.09. The molecule has 1 fully saturated rings. The lowest BCUT2D eigenvalue weighted by atomic mass is 9.93. The molecule has 2 aromatic rings. The minimum Gasteiger partial charge on any atom is -0.482 e. The maximum atomic E-state index is 13.6. The summed E-state index contributed by atoms with van der Waals surface area (Å²) in [7, 11) is 0. The van der Waals surface area contributed by atoms with Crippen LogP contribution in [0.15, 0.2) is 48.4 Å². The number of rotatable bonds is 4. The van der Waals surface area contributed by atoms with E-state index >= 15 is 0 Å². The van der Waals surface area contributed by atoms with Crippen LogP contribution in [-0.4, -0.2) is 53.6 Å². The van der Waals surface area contributed by atoms with Gasteiger partial charge in [0.2, 0.25) is 0 Å². The lowest BCUT2D eigenvalue weighted by Crippen LogP contribution is -2.35. The van der Waals surface area contributed by atoms with Gasteiger partial charge < -0.3 is 20.7 Å². The van der Waals surface area contributed by atoms with Gasteiger partial charge in [0.25, 0.3) is 5.91 Å². The number of carbonyl (C=O) groups excluding carboxylic acids is 2. The Hall–Kier alpha value is -3.72. The van der Waals surface area contributed by atoms with E-state index in [1.165, 1.54) is 12.1 Å². The highest BCUT2D eigenvalue weighted by molar-refractivity contribution is 6.32. The van der Waals surface area contributed by atoms with Crippen molar-refractivity contribution in [2.75, 3.05) is 36.4 Å². The highest BCUT2D eigenvalue weighted by Crippen LogP contribution is 2.44. The van der Waals surface area contributed by atoms with E-state index in [0.717, 1.165) is 11.1 Å². The summed E-state index contributed by atoms with van der Waals surface area (Å²) in [6.07, 6.45) is 3.53. The van der Waals surface area contributed by atoms with E-state index in [1.54, 1.807) is 22.1 Å². The summed E-state index contributed by atoms with van der Waals surface area (Å²) in [5.74, 6) is 0.249. The van der Waals surface area contributed by atoms with Crippen molar-refractivity contribution in [1.29, 1.82) is 0 Å². The minimum atomic E-state index is -0.712. The number of allylic oxidation sites excluding steroid dienone is 1. The summed E-state index contributed by atoms with van der Waals surface area (Å²) in [5, 5.41) is 2.69. The Morgan fingerprint density at radius 1 is 1.21 bits per heavy atom. The number of anilines is 2. The largest absolute Gasteiger partial charge is 0.482 e. The fourth-order valence-corrected chi connectivity index (χ4v) is 4.47. The molecule has 3 N–H and O–H groups in total. The molecule has 0 unspecified atom stereocenters. The molecule has 0 radical (unpaired) electrons. The van der Waals surface area contributed by atoms with Gasteiger partial charge in [-0.2, -0.15) is 0 Å². The van der Waals surface area contributed by atoms with Crippen molar-refractivity contribution < 1.29 is 18.7 Å². The number of hydrogen-bond donors (Lipinski definition) is 2. The van der Waals surface area contributed by atoms with Crippen LogP contribution in [0.1, 0.15) is 25.0 Å². The van der Waals surface area contributed by atoms with Crippen LogP contribution in [0.25, 0.3) is 11.1 Å². The Balaban J connectivity index is 1.46. The lowest BCUT2D eigenvalue weighted by molar-refractivity contribution is -0.111. The van der Waals surface area contributed by atoms with Gasteiger partial charge in [-0.15, -0.1) is 0 Å². The molecule has 170 valence electrons. The highest BCUT2D eigenvalue weighted by atomic mass is 19.1. The molecule has 1 saturated heterocycles. The van der Waals surface area contributed by atoms with E-state index in [2.05, 4.69) is 10.3 Å². The molecule has 0 saturated carbocycles. The molecular weight excluding hydrogens is 425 g/mol. The molecule has 1 aromatic carbocycles. The number of carbonyl (C=O) groups is 2. The van der Waals surface area contributed by atoms with Gasteiger partial charge in [-0.25, -0.2) is 14.2 Å². The third kappa shape index (κ3) is 3.54. The number of benzene rings is 1. The first-order chi connectivity index (χ1) is 15.8. The van der Waals surface area contributed by atoms with Crippen LogP contribution in [0.3, 0.4) is 0 Å². The molecular formula is C24H24FN5O3. The van der Waals surface area contributed by atoms with Crippen molar-refractivity contribution in [3.8, 4) is 0 Å². The van der Waals surface area contributed by atoms with E-state index in [4.69, 9.17) is 10.5 Å². The minimum absolute atomic E-state index is 0.0983. The van der Waals surface area contributed by atoms with Crippen LogP contribution in [0.4, 0.5) is 20.7 Å². The molecule has 5 rings (SSSR count). The molecule has 0 atom stereocenters. The number of halogens is 1. The van der Waals surface area contributed by atoms with E-state index in [1.807, 2.05) is 32.1 Å². The maximum Gasteiger partial charge on any atom is 0.325 e. The molecule has 3 aliphatic heterocycles. The number of nitrogens with zero attached hydrogens (tertiary/aromatic N) is 3. The normalized spacial score (nSPS) is 21.3. The van der Waals surface area contributed by atoms with Crippen molar-refractivity contribution in [3.05, 3.63) is 65.3 Å². The summed E-state index contributed by atoms with van der Waals surface area (Å²) >= 11 is 0. The second kappa shape index (κ2) is 7.70. The highest BCUT2D eigenvalue weighted by Gasteiger charge is 2.38. The standard InChI is InChI=1S/C24H24FN5O3/c1-24(2)17(12-19(33-24)21-16-5-4-15(25)11-18(16)28-22(21)31)14-3-6-20(27-13-14)30-10-9-29(8-7-26)23(30)32/h3-6,11-13H,7-10,26H2,1-2H3,(H,28,31). The van der Waals surface area contributed by atoms with E-state index in [-0.39, 0.29) is 11.9 Å². The van der Waals surface area contributed by atoms with Gasteiger partial charge in [-0.1, -0.05) is 0 Å². The summed E-state index contributed by atoms with van der Waals surface area (Å²) in [4.78, 5) is 33.0. The van der Waals surface area contributed by atoms with Crippen molar-refractivity contribution in [1.82, 2.24) is 9.88 Å². The number of fused-ring (bicyclic) bond motifs is 1.